The molecule has 25 heavy (non-hydrogen) atoms. The van der Waals surface area contributed by atoms with Crippen molar-refractivity contribution in [3.8, 4) is 0 Å². The maximum Gasteiger partial charge on any atom is 0.224 e. The third-order valence-electron chi connectivity index (χ3n) is 5.53. The molecule has 4 nitrogen and oxygen atoms in total. The van der Waals surface area contributed by atoms with Gasteiger partial charge in [-0.3, -0.25) is 4.79 Å². The van der Waals surface area contributed by atoms with Crippen molar-refractivity contribution in [3.63, 3.8) is 0 Å². The number of aliphatic hydroxyl groups is 1. The standard InChI is InChI=1S/C21H23NO3/c23-13-17(11-14-5-2-1-3-6-14)22-21(24)20-16-9-8-15(12-16)19(20)18-7-4-10-25-18/h1-10,15-17,19-20,23H,11-13H2,(H,22,24)/t15-,16+,17-,19+,20+/m0/s1. The van der Waals surface area contributed by atoms with Crippen molar-refractivity contribution in [1.29, 1.82) is 0 Å². The number of hydrogen-bond acceptors (Lipinski definition) is 3. The van der Waals surface area contributed by atoms with E-state index >= 15 is 0 Å². The van der Waals surface area contributed by atoms with E-state index in [4.69, 9.17) is 4.42 Å². The average Bonchev–Trinajstić information content (AvgIpc) is 3.38. The van der Waals surface area contributed by atoms with Crippen molar-refractivity contribution >= 4 is 5.91 Å². The number of benzene rings is 1. The van der Waals surface area contributed by atoms with E-state index in [1.807, 2.05) is 42.5 Å². The number of nitrogens with one attached hydrogen (secondary N) is 1. The summed E-state index contributed by atoms with van der Waals surface area (Å²) in [6.07, 6.45) is 7.69. The fourth-order valence-corrected chi connectivity index (χ4v) is 4.41. The predicted molar refractivity (Wildman–Crippen MR) is 94.8 cm³/mol. The van der Waals surface area contributed by atoms with Crippen LogP contribution in [0.15, 0.2) is 65.3 Å². The molecule has 2 aliphatic carbocycles. The van der Waals surface area contributed by atoms with Gasteiger partial charge in [-0.1, -0.05) is 42.5 Å². The quantitative estimate of drug-likeness (QED) is 0.797. The van der Waals surface area contributed by atoms with Gasteiger partial charge in [0.05, 0.1) is 24.8 Å². The van der Waals surface area contributed by atoms with E-state index in [2.05, 4.69) is 17.5 Å². The number of rotatable bonds is 6. The highest BCUT2D eigenvalue weighted by Crippen LogP contribution is 2.53. The monoisotopic (exact) mass is 337 g/mol. The zero-order valence-electron chi connectivity index (χ0n) is 14.0. The minimum Gasteiger partial charge on any atom is -0.469 e. The van der Waals surface area contributed by atoms with Crippen LogP contribution in [0.25, 0.3) is 0 Å². The molecule has 2 aromatic rings. The molecule has 1 amide bonds. The highest BCUT2D eigenvalue weighted by atomic mass is 16.3. The first-order valence-corrected chi connectivity index (χ1v) is 8.93. The van der Waals surface area contributed by atoms with Crippen LogP contribution in [0.3, 0.4) is 0 Å². The van der Waals surface area contributed by atoms with E-state index in [-0.39, 0.29) is 36.3 Å². The molecule has 2 aliphatic rings. The first-order valence-electron chi connectivity index (χ1n) is 8.93. The largest absolute Gasteiger partial charge is 0.469 e. The summed E-state index contributed by atoms with van der Waals surface area (Å²) >= 11 is 0. The molecule has 0 saturated heterocycles. The molecule has 1 aromatic carbocycles. The zero-order chi connectivity index (χ0) is 17.2. The van der Waals surface area contributed by atoms with E-state index in [0.717, 1.165) is 17.7 Å². The molecule has 0 spiro atoms. The summed E-state index contributed by atoms with van der Waals surface area (Å²) in [5.74, 6) is 1.52. The summed E-state index contributed by atoms with van der Waals surface area (Å²) in [5.41, 5.74) is 1.11. The molecule has 130 valence electrons. The Morgan fingerprint density at radius 2 is 1.96 bits per heavy atom. The molecule has 2 N–H and O–H groups in total. The van der Waals surface area contributed by atoms with Crippen LogP contribution >= 0.6 is 0 Å². The second kappa shape index (κ2) is 6.89. The fourth-order valence-electron chi connectivity index (χ4n) is 4.41. The van der Waals surface area contributed by atoms with Crippen LogP contribution < -0.4 is 5.32 Å². The fraction of sp³-hybridized carbons (Fsp3) is 0.381. The SMILES string of the molecule is O=C(N[C@H](CO)Cc1ccccc1)[C@H]1[C@@H](c2ccco2)[C@H]2C=C[C@@H]1C2. The highest BCUT2D eigenvalue weighted by Gasteiger charge is 2.50. The predicted octanol–water partition coefficient (Wildman–Crippen LogP) is 2.91. The molecule has 0 aliphatic heterocycles. The molecule has 4 rings (SSSR count). The Labute approximate surface area is 147 Å². The van der Waals surface area contributed by atoms with Crippen LogP contribution in [0.2, 0.25) is 0 Å². The number of aliphatic hydroxyl groups excluding tert-OH is 1. The minimum atomic E-state index is -0.268. The maximum absolute atomic E-state index is 13.0. The first kappa shape index (κ1) is 16.2. The first-order chi connectivity index (χ1) is 12.3. The van der Waals surface area contributed by atoms with E-state index in [1.54, 1.807) is 6.26 Å². The molecule has 1 saturated carbocycles. The van der Waals surface area contributed by atoms with Crippen LogP contribution in [-0.2, 0) is 11.2 Å². The Bertz CT molecular complexity index is 738. The van der Waals surface area contributed by atoms with Crippen LogP contribution in [0.5, 0.6) is 0 Å². The van der Waals surface area contributed by atoms with Crippen LogP contribution in [0, 0.1) is 17.8 Å². The third kappa shape index (κ3) is 3.14. The molecular weight excluding hydrogens is 314 g/mol. The van der Waals surface area contributed by atoms with Crippen LogP contribution in [0.1, 0.15) is 23.7 Å². The Morgan fingerprint density at radius 1 is 1.16 bits per heavy atom. The maximum atomic E-state index is 13.0. The van der Waals surface area contributed by atoms with E-state index in [1.165, 1.54) is 0 Å². The highest BCUT2D eigenvalue weighted by molar-refractivity contribution is 5.81. The average molecular weight is 337 g/mol. The van der Waals surface area contributed by atoms with Crippen molar-refractivity contribution in [2.24, 2.45) is 17.8 Å². The number of carbonyl (C=O) groups is 1. The summed E-state index contributed by atoms with van der Waals surface area (Å²) in [5, 5.41) is 12.8. The number of carbonyl (C=O) groups excluding carboxylic acids is 1. The van der Waals surface area contributed by atoms with E-state index in [0.29, 0.717) is 12.3 Å². The van der Waals surface area contributed by atoms with Gasteiger partial charge in [0.25, 0.3) is 0 Å². The van der Waals surface area contributed by atoms with Crippen molar-refractivity contribution < 1.29 is 14.3 Å². The lowest BCUT2D eigenvalue weighted by molar-refractivity contribution is -0.127. The molecule has 1 fully saturated rings. The van der Waals surface area contributed by atoms with Gasteiger partial charge in [0, 0.05) is 5.92 Å². The van der Waals surface area contributed by atoms with Gasteiger partial charge in [-0.05, 0) is 42.4 Å². The topological polar surface area (TPSA) is 62.5 Å². The van der Waals surface area contributed by atoms with Gasteiger partial charge in [0.2, 0.25) is 5.91 Å². The summed E-state index contributed by atoms with van der Waals surface area (Å²) in [7, 11) is 0. The summed E-state index contributed by atoms with van der Waals surface area (Å²) in [6.45, 7) is -0.0668. The zero-order valence-corrected chi connectivity index (χ0v) is 14.0. The van der Waals surface area contributed by atoms with Crippen LogP contribution in [0.4, 0.5) is 0 Å². The molecule has 0 unspecified atom stereocenters. The van der Waals surface area contributed by atoms with Gasteiger partial charge in [0.15, 0.2) is 0 Å². The Morgan fingerprint density at radius 3 is 2.68 bits per heavy atom. The third-order valence-corrected chi connectivity index (χ3v) is 5.53. The van der Waals surface area contributed by atoms with Gasteiger partial charge in [0.1, 0.15) is 5.76 Å². The molecule has 5 atom stereocenters. The number of furan rings is 1. The lowest BCUT2D eigenvalue weighted by Crippen LogP contribution is -2.44. The van der Waals surface area contributed by atoms with E-state index in [9.17, 15) is 9.90 Å². The second-order valence-electron chi connectivity index (χ2n) is 7.09. The molecule has 1 heterocycles. The van der Waals surface area contributed by atoms with Gasteiger partial charge in [-0.25, -0.2) is 0 Å². The molecule has 0 radical (unpaired) electrons. The molecule has 1 aromatic heterocycles. The van der Waals surface area contributed by atoms with Gasteiger partial charge >= 0.3 is 0 Å². The summed E-state index contributed by atoms with van der Waals surface area (Å²) in [6, 6.07) is 13.5. The number of allylic oxidation sites excluding steroid dienone is 2. The lowest BCUT2D eigenvalue weighted by atomic mass is 9.80. The summed E-state index contributed by atoms with van der Waals surface area (Å²) < 4.78 is 5.61. The molecule has 2 bridgehead atoms. The van der Waals surface area contributed by atoms with Crippen molar-refractivity contribution in [3.05, 3.63) is 72.2 Å². The normalized spacial score (nSPS) is 28.2. The van der Waals surface area contributed by atoms with E-state index < -0.39 is 0 Å². The Hall–Kier alpha value is -2.33. The van der Waals surface area contributed by atoms with Crippen molar-refractivity contribution in [1.82, 2.24) is 5.32 Å². The number of hydrogen-bond donors (Lipinski definition) is 2. The smallest absolute Gasteiger partial charge is 0.224 e. The van der Waals surface area contributed by atoms with Gasteiger partial charge in [-0.2, -0.15) is 0 Å². The Balaban J connectivity index is 1.48. The second-order valence-corrected chi connectivity index (χ2v) is 7.09. The van der Waals surface area contributed by atoms with Gasteiger partial charge in [-0.15, -0.1) is 0 Å². The lowest BCUT2D eigenvalue weighted by Gasteiger charge is -2.27. The van der Waals surface area contributed by atoms with Crippen LogP contribution in [-0.4, -0.2) is 23.7 Å². The molecular formula is C21H23NO3. The Kier molecular flexibility index (Phi) is 4.45. The van der Waals surface area contributed by atoms with Gasteiger partial charge < -0.3 is 14.8 Å². The number of fused-ring (bicyclic) bond motifs is 2. The van der Waals surface area contributed by atoms with Crippen molar-refractivity contribution in [2.75, 3.05) is 6.61 Å². The van der Waals surface area contributed by atoms with Crippen molar-refractivity contribution in [2.45, 2.75) is 24.8 Å². The minimum absolute atomic E-state index is 0.0215. The number of amides is 1. The molecule has 4 heteroatoms. The summed E-state index contributed by atoms with van der Waals surface area (Å²) in [4.78, 5) is 13.0.